The molecule has 5 nitrogen and oxygen atoms in total. The van der Waals surface area contributed by atoms with Crippen molar-refractivity contribution >= 4 is 11.6 Å². The van der Waals surface area contributed by atoms with E-state index in [0.717, 1.165) is 36.9 Å². The van der Waals surface area contributed by atoms with E-state index < -0.39 is 5.60 Å². The van der Waals surface area contributed by atoms with Crippen molar-refractivity contribution in [3.63, 3.8) is 0 Å². The number of rotatable bonds is 3. The largest absolute Gasteiger partial charge is 0.388 e. The Hall–Kier alpha value is -1.88. The molecule has 0 bridgehead atoms. The Morgan fingerprint density at radius 1 is 1.43 bits per heavy atom. The van der Waals surface area contributed by atoms with Crippen LogP contribution >= 0.6 is 0 Å². The maximum Gasteiger partial charge on any atom is 0.272 e. The first-order valence-corrected chi connectivity index (χ1v) is 7.40. The fourth-order valence-corrected chi connectivity index (χ4v) is 3.15. The summed E-state index contributed by atoms with van der Waals surface area (Å²) < 4.78 is 1.81. The maximum atomic E-state index is 12.6. The third-order valence-electron chi connectivity index (χ3n) is 4.29. The van der Waals surface area contributed by atoms with Crippen LogP contribution in [-0.2, 0) is 0 Å². The fraction of sp³-hybridized carbons (Fsp3) is 0.500. The van der Waals surface area contributed by atoms with Crippen LogP contribution in [0.1, 0.15) is 41.7 Å². The van der Waals surface area contributed by atoms with E-state index in [0.29, 0.717) is 12.2 Å². The molecule has 2 heterocycles. The van der Waals surface area contributed by atoms with Crippen LogP contribution in [0.15, 0.2) is 24.5 Å². The molecule has 2 aromatic heterocycles. The van der Waals surface area contributed by atoms with E-state index in [2.05, 4.69) is 4.98 Å². The molecule has 1 amide bonds. The molecule has 21 heavy (non-hydrogen) atoms. The molecule has 0 aliphatic heterocycles. The number of aliphatic hydroxyl groups is 1. The number of carbonyl (C=O) groups excluding carboxylic acids is 1. The van der Waals surface area contributed by atoms with E-state index in [1.54, 1.807) is 18.1 Å². The second-order valence-corrected chi connectivity index (χ2v) is 6.17. The van der Waals surface area contributed by atoms with Gasteiger partial charge in [-0.3, -0.25) is 9.20 Å². The van der Waals surface area contributed by atoms with Gasteiger partial charge in [-0.15, -0.1) is 0 Å². The monoisotopic (exact) mass is 287 g/mol. The molecule has 0 aromatic carbocycles. The molecule has 0 saturated heterocycles. The molecule has 2 aromatic rings. The van der Waals surface area contributed by atoms with Gasteiger partial charge in [0.15, 0.2) is 0 Å². The molecule has 1 saturated carbocycles. The number of likely N-dealkylation sites (N-methyl/N-ethyl adjacent to an activating group) is 1. The molecular weight excluding hydrogens is 266 g/mol. The van der Waals surface area contributed by atoms with Crippen molar-refractivity contribution in [2.45, 2.75) is 38.2 Å². The number of aromatic nitrogens is 2. The third kappa shape index (κ3) is 2.65. The van der Waals surface area contributed by atoms with Crippen LogP contribution in [0.4, 0.5) is 0 Å². The highest BCUT2D eigenvalue weighted by Crippen LogP contribution is 2.30. The Bertz CT molecular complexity index is 671. The van der Waals surface area contributed by atoms with Crippen LogP contribution < -0.4 is 0 Å². The quantitative estimate of drug-likeness (QED) is 0.939. The predicted molar refractivity (Wildman–Crippen MR) is 80.3 cm³/mol. The molecule has 1 aliphatic carbocycles. The molecular formula is C16H21N3O2. The van der Waals surface area contributed by atoms with Gasteiger partial charge in [0.25, 0.3) is 5.91 Å². The van der Waals surface area contributed by atoms with E-state index in [4.69, 9.17) is 0 Å². The zero-order valence-electron chi connectivity index (χ0n) is 12.5. The van der Waals surface area contributed by atoms with E-state index in [-0.39, 0.29) is 5.91 Å². The molecule has 1 aliphatic rings. The highest BCUT2D eigenvalue weighted by atomic mass is 16.3. The predicted octanol–water partition coefficient (Wildman–Crippen LogP) is 2.02. The van der Waals surface area contributed by atoms with Crippen molar-refractivity contribution in [3.05, 3.63) is 35.8 Å². The van der Waals surface area contributed by atoms with Gasteiger partial charge in [0.1, 0.15) is 11.3 Å². The van der Waals surface area contributed by atoms with Crippen molar-refractivity contribution in [1.29, 1.82) is 0 Å². The number of imidazole rings is 1. The summed E-state index contributed by atoms with van der Waals surface area (Å²) in [4.78, 5) is 18.5. The lowest BCUT2D eigenvalue weighted by molar-refractivity contribution is 0.0154. The molecule has 1 N–H and O–H groups in total. The van der Waals surface area contributed by atoms with Crippen molar-refractivity contribution in [1.82, 2.24) is 14.3 Å². The Balaban J connectivity index is 1.84. The standard InChI is InChI=1S/C16H21N3O2/c1-12-5-6-14-17-9-13(19(14)10-12)15(20)18(2)11-16(21)7-3-4-8-16/h5-6,9-10,21H,3-4,7-8,11H2,1-2H3. The summed E-state index contributed by atoms with van der Waals surface area (Å²) in [5, 5.41) is 10.4. The van der Waals surface area contributed by atoms with Gasteiger partial charge in [0.2, 0.25) is 0 Å². The van der Waals surface area contributed by atoms with Gasteiger partial charge in [0.05, 0.1) is 11.8 Å². The minimum Gasteiger partial charge on any atom is -0.388 e. The molecule has 112 valence electrons. The van der Waals surface area contributed by atoms with E-state index in [1.165, 1.54) is 0 Å². The van der Waals surface area contributed by atoms with Crippen molar-refractivity contribution in [2.75, 3.05) is 13.6 Å². The number of aryl methyl sites for hydroxylation is 1. The average Bonchev–Trinajstić information content (AvgIpc) is 3.04. The van der Waals surface area contributed by atoms with Crippen molar-refractivity contribution < 1.29 is 9.90 Å². The molecule has 3 rings (SSSR count). The SMILES string of the molecule is Cc1ccc2ncc(C(=O)N(C)CC3(O)CCCC3)n2c1. The van der Waals surface area contributed by atoms with Crippen LogP contribution in [0, 0.1) is 6.92 Å². The number of fused-ring (bicyclic) bond motifs is 1. The van der Waals surface area contributed by atoms with E-state index >= 15 is 0 Å². The van der Waals surface area contributed by atoms with Crippen LogP contribution in [-0.4, -0.2) is 44.5 Å². The second kappa shape index (κ2) is 5.15. The number of carbonyl (C=O) groups is 1. The van der Waals surface area contributed by atoms with E-state index in [9.17, 15) is 9.90 Å². The van der Waals surface area contributed by atoms with Crippen LogP contribution in [0.25, 0.3) is 5.65 Å². The minimum absolute atomic E-state index is 0.103. The zero-order chi connectivity index (χ0) is 15.0. The van der Waals surface area contributed by atoms with Crippen LogP contribution in [0.5, 0.6) is 0 Å². The fourth-order valence-electron chi connectivity index (χ4n) is 3.15. The summed E-state index contributed by atoms with van der Waals surface area (Å²) in [6.07, 6.45) is 7.13. The second-order valence-electron chi connectivity index (χ2n) is 6.17. The molecule has 0 radical (unpaired) electrons. The minimum atomic E-state index is -0.721. The number of nitrogens with zero attached hydrogens (tertiary/aromatic N) is 3. The lowest BCUT2D eigenvalue weighted by Gasteiger charge is -2.28. The zero-order valence-corrected chi connectivity index (χ0v) is 12.5. The smallest absolute Gasteiger partial charge is 0.272 e. The summed E-state index contributed by atoms with van der Waals surface area (Å²) in [7, 11) is 1.74. The Morgan fingerprint density at radius 2 is 2.14 bits per heavy atom. The maximum absolute atomic E-state index is 12.6. The lowest BCUT2D eigenvalue weighted by atomic mass is 10.0. The van der Waals surface area contributed by atoms with Crippen molar-refractivity contribution in [2.24, 2.45) is 0 Å². The molecule has 0 atom stereocenters. The van der Waals surface area contributed by atoms with E-state index in [1.807, 2.05) is 29.7 Å². The van der Waals surface area contributed by atoms with Gasteiger partial charge in [-0.2, -0.15) is 0 Å². The Kier molecular flexibility index (Phi) is 3.45. The molecule has 0 unspecified atom stereocenters. The van der Waals surface area contributed by atoms with Crippen LogP contribution in [0.3, 0.4) is 0 Å². The first-order chi connectivity index (χ1) is 9.98. The number of hydrogen-bond donors (Lipinski definition) is 1. The first-order valence-electron chi connectivity index (χ1n) is 7.40. The first kappa shape index (κ1) is 14.1. The summed E-state index contributed by atoms with van der Waals surface area (Å²) >= 11 is 0. The lowest BCUT2D eigenvalue weighted by Crippen LogP contribution is -2.42. The summed E-state index contributed by atoms with van der Waals surface area (Å²) in [6.45, 7) is 2.36. The van der Waals surface area contributed by atoms with Crippen LogP contribution in [0.2, 0.25) is 0 Å². The number of hydrogen-bond acceptors (Lipinski definition) is 3. The summed E-state index contributed by atoms with van der Waals surface area (Å²) in [5.41, 5.74) is 1.65. The Morgan fingerprint density at radius 3 is 2.86 bits per heavy atom. The highest BCUT2D eigenvalue weighted by Gasteiger charge is 2.34. The third-order valence-corrected chi connectivity index (χ3v) is 4.29. The van der Waals surface area contributed by atoms with Gasteiger partial charge in [-0.1, -0.05) is 18.9 Å². The average molecular weight is 287 g/mol. The Labute approximate surface area is 124 Å². The van der Waals surface area contributed by atoms with Gasteiger partial charge in [-0.05, 0) is 31.4 Å². The molecule has 0 spiro atoms. The van der Waals surface area contributed by atoms with Gasteiger partial charge < -0.3 is 10.0 Å². The highest BCUT2D eigenvalue weighted by molar-refractivity contribution is 5.93. The van der Waals surface area contributed by atoms with Gasteiger partial charge in [-0.25, -0.2) is 4.98 Å². The van der Waals surface area contributed by atoms with Gasteiger partial charge >= 0.3 is 0 Å². The summed E-state index contributed by atoms with van der Waals surface area (Å²) in [6, 6.07) is 3.87. The van der Waals surface area contributed by atoms with Crippen molar-refractivity contribution in [3.8, 4) is 0 Å². The van der Waals surface area contributed by atoms with Gasteiger partial charge in [0, 0.05) is 19.8 Å². The molecule has 5 heteroatoms. The number of pyridine rings is 1. The topological polar surface area (TPSA) is 57.8 Å². The normalized spacial score (nSPS) is 17.3. The summed E-state index contributed by atoms with van der Waals surface area (Å²) in [5.74, 6) is -0.103. The number of amides is 1. The molecule has 1 fully saturated rings.